The second kappa shape index (κ2) is 7.00. The molecule has 0 bridgehead atoms. The van der Waals surface area contributed by atoms with Gasteiger partial charge >= 0.3 is 5.97 Å². The van der Waals surface area contributed by atoms with Gasteiger partial charge in [0.05, 0.1) is 5.75 Å². The lowest BCUT2D eigenvalue weighted by molar-refractivity contribution is -0.137. The van der Waals surface area contributed by atoms with Gasteiger partial charge in [0, 0.05) is 25.9 Å². The van der Waals surface area contributed by atoms with E-state index in [-0.39, 0.29) is 48.7 Å². The fourth-order valence-corrected chi connectivity index (χ4v) is 2.12. The van der Waals surface area contributed by atoms with Gasteiger partial charge < -0.3 is 10.4 Å². The van der Waals surface area contributed by atoms with Crippen molar-refractivity contribution in [2.24, 2.45) is 0 Å². The molecule has 1 fully saturated rings. The summed E-state index contributed by atoms with van der Waals surface area (Å²) in [7, 11) is 0. The van der Waals surface area contributed by atoms with Gasteiger partial charge in [-0.3, -0.25) is 24.1 Å². The van der Waals surface area contributed by atoms with Crippen molar-refractivity contribution < 1.29 is 24.3 Å². The monoisotopic (exact) mass is 274 g/mol. The van der Waals surface area contributed by atoms with E-state index in [0.717, 1.165) is 16.7 Å². The summed E-state index contributed by atoms with van der Waals surface area (Å²) in [5.74, 6) is -1.34. The average molecular weight is 274 g/mol. The van der Waals surface area contributed by atoms with E-state index < -0.39 is 5.97 Å². The number of aliphatic carboxylic acids is 1. The van der Waals surface area contributed by atoms with Crippen molar-refractivity contribution in [3.05, 3.63) is 0 Å². The topological polar surface area (TPSA) is 104 Å². The minimum Gasteiger partial charge on any atom is -0.481 e. The number of carbonyl (C=O) groups excluding carboxylic acids is 3. The Bertz CT molecular complexity index is 355. The number of hydrogen-bond acceptors (Lipinski definition) is 5. The summed E-state index contributed by atoms with van der Waals surface area (Å²) in [5, 5.41) is 10.6. The SMILES string of the molecule is O=C(O)CCCNC(=O)CCN1C(=O)CSC1=O. The van der Waals surface area contributed by atoms with Gasteiger partial charge in [-0.1, -0.05) is 11.8 Å². The first-order valence-corrected chi connectivity index (χ1v) is 6.45. The highest BCUT2D eigenvalue weighted by Crippen LogP contribution is 2.18. The highest BCUT2D eigenvalue weighted by atomic mass is 32.2. The minimum absolute atomic E-state index is 0.0000167. The number of rotatable bonds is 7. The van der Waals surface area contributed by atoms with E-state index in [9.17, 15) is 19.2 Å². The van der Waals surface area contributed by atoms with Crippen LogP contribution in [0.4, 0.5) is 4.79 Å². The van der Waals surface area contributed by atoms with Crippen molar-refractivity contribution in [1.82, 2.24) is 10.2 Å². The maximum atomic E-state index is 11.3. The normalized spacial score (nSPS) is 15.0. The van der Waals surface area contributed by atoms with Gasteiger partial charge in [0.1, 0.15) is 0 Å². The van der Waals surface area contributed by atoms with Gasteiger partial charge in [0.25, 0.3) is 5.24 Å². The van der Waals surface area contributed by atoms with Crippen molar-refractivity contribution in [2.75, 3.05) is 18.8 Å². The van der Waals surface area contributed by atoms with Crippen LogP contribution in [0.3, 0.4) is 0 Å². The first-order valence-electron chi connectivity index (χ1n) is 5.46. The number of thioether (sulfide) groups is 1. The van der Waals surface area contributed by atoms with Gasteiger partial charge in [-0.2, -0.15) is 0 Å². The van der Waals surface area contributed by atoms with Crippen LogP contribution in [0.25, 0.3) is 0 Å². The molecule has 2 N–H and O–H groups in total. The minimum atomic E-state index is -0.908. The number of imide groups is 1. The van der Waals surface area contributed by atoms with Crippen LogP contribution in [0.5, 0.6) is 0 Å². The van der Waals surface area contributed by atoms with Gasteiger partial charge in [-0.05, 0) is 6.42 Å². The van der Waals surface area contributed by atoms with Crippen LogP contribution in [0.2, 0.25) is 0 Å². The summed E-state index contributed by atoms with van der Waals surface area (Å²) < 4.78 is 0. The maximum Gasteiger partial charge on any atom is 0.303 e. The Hall–Kier alpha value is -1.57. The molecule has 1 rings (SSSR count). The van der Waals surface area contributed by atoms with Crippen LogP contribution in [0.1, 0.15) is 19.3 Å². The van der Waals surface area contributed by atoms with Crippen LogP contribution in [0.15, 0.2) is 0 Å². The Balaban J connectivity index is 2.15. The Morgan fingerprint density at radius 2 is 2.06 bits per heavy atom. The zero-order chi connectivity index (χ0) is 13.5. The lowest BCUT2D eigenvalue weighted by atomic mass is 10.3. The molecule has 0 aliphatic carbocycles. The predicted molar refractivity (Wildman–Crippen MR) is 64.1 cm³/mol. The fraction of sp³-hybridized carbons (Fsp3) is 0.600. The van der Waals surface area contributed by atoms with Gasteiger partial charge in [0.15, 0.2) is 0 Å². The fourth-order valence-electron chi connectivity index (χ4n) is 1.37. The van der Waals surface area contributed by atoms with E-state index in [1.807, 2.05) is 0 Å². The van der Waals surface area contributed by atoms with Crippen LogP contribution < -0.4 is 5.32 Å². The Labute approximate surface area is 108 Å². The highest BCUT2D eigenvalue weighted by Gasteiger charge is 2.29. The lowest BCUT2D eigenvalue weighted by Gasteiger charge is -2.12. The number of carboxylic acid groups (broad SMARTS) is 1. The summed E-state index contributed by atoms with van der Waals surface area (Å²) in [5.41, 5.74) is 0. The summed E-state index contributed by atoms with van der Waals surface area (Å²) in [6.45, 7) is 0.358. The Morgan fingerprint density at radius 3 is 2.61 bits per heavy atom. The molecule has 0 radical (unpaired) electrons. The number of nitrogens with one attached hydrogen (secondary N) is 1. The molecule has 0 aromatic rings. The van der Waals surface area contributed by atoms with E-state index >= 15 is 0 Å². The summed E-state index contributed by atoms with van der Waals surface area (Å²) in [6.07, 6.45) is 0.406. The molecule has 1 aliphatic rings. The Kier molecular flexibility index (Phi) is 5.63. The van der Waals surface area contributed by atoms with Crippen molar-refractivity contribution in [3.8, 4) is 0 Å². The van der Waals surface area contributed by atoms with Crippen LogP contribution >= 0.6 is 11.8 Å². The molecule has 1 aliphatic heterocycles. The zero-order valence-corrected chi connectivity index (χ0v) is 10.5. The molecular weight excluding hydrogens is 260 g/mol. The molecule has 8 heteroatoms. The molecule has 18 heavy (non-hydrogen) atoms. The summed E-state index contributed by atoms with van der Waals surface area (Å²) >= 11 is 0.930. The molecule has 0 atom stereocenters. The molecule has 0 unspecified atom stereocenters. The van der Waals surface area contributed by atoms with Gasteiger partial charge in [0.2, 0.25) is 11.8 Å². The van der Waals surface area contributed by atoms with Crippen molar-refractivity contribution in [2.45, 2.75) is 19.3 Å². The smallest absolute Gasteiger partial charge is 0.303 e. The highest BCUT2D eigenvalue weighted by molar-refractivity contribution is 8.14. The first-order chi connectivity index (χ1) is 8.50. The molecule has 1 saturated heterocycles. The second-order valence-corrected chi connectivity index (χ2v) is 4.62. The summed E-state index contributed by atoms with van der Waals surface area (Å²) in [6, 6.07) is 0. The zero-order valence-electron chi connectivity index (χ0n) is 9.68. The number of amides is 3. The van der Waals surface area contributed by atoms with E-state index in [4.69, 9.17) is 5.11 Å². The molecule has 0 aromatic carbocycles. The van der Waals surface area contributed by atoms with Crippen molar-refractivity contribution in [3.63, 3.8) is 0 Å². The number of carboxylic acids is 1. The van der Waals surface area contributed by atoms with E-state index in [0.29, 0.717) is 6.42 Å². The average Bonchev–Trinajstić information content (AvgIpc) is 2.62. The molecule has 100 valence electrons. The Morgan fingerprint density at radius 1 is 1.33 bits per heavy atom. The molecule has 0 aromatic heterocycles. The third-order valence-corrected chi connectivity index (χ3v) is 3.15. The molecule has 0 spiro atoms. The predicted octanol–water partition coefficient (Wildman–Crippen LogP) is 0.0529. The molecule has 3 amide bonds. The quantitative estimate of drug-likeness (QED) is 0.636. The second-order valence-electron chi connectivity index (χ2n) is 3.70. The summed E-state index contributed by atoms with van der Waals surface area (Å²) in [4.78, 5) is 45.0. The largest absolute Gasteiger partial charge is 0.481 e. The number of carbonyl (C=O) groups is 4. The van der Waals surface area contributed by atoms with Gasteiger partial charge in [-0.15, -0.1) is 0 Å². The van der Waals surface area contributed by atoms with Crippen molar-refractivity contribution >= 4 is 34.8 Å². The molecular formula is C10H14N2O5S. The standard InChI is InChI=1S/C10H14N2O5S/c13-7(11-4-1-2-9(15)16)3-5-12-8(14)6-18-10(12)17/h1-6H2,(H,11,13)(H,15,16). The molecule has 0 saturated carbocycles. The van der Waals surface area contributed by atoms with Gasteiger partial charge in [-0.25, -0.2) is 0 Å². The van der Waals surface area contributed by atoms with E-state index in [1.54, 1.807) is 0 Å². The molecule has 1 heterocycles. The number of nitrogens with zero attached hydrogens (tertiary/aromatic N) is 1. The first kappa shape index (κ1) is 14.5. The number of hydrogen-bond donors (Lipinski definition) is 2. The van der Waals surface area contributed by atoms with E-state index in [1.165, 1.54) is 0 Å². The third-order valence-electron chi connectivity index (χ3n) is 2.29. The third kappa shape index (κ3) is 4.74. The van der Waals surface area contributed by atoms with Crippen molar-refractivity contribution in [1.29, 1.82) is 0 Å². The van der Waals surface area contributed by atoms with E-state index in [2.05, 4.69) is 5.32 Å². The van der Waals surface area contributed by atoms with Crippen LogP contribution in [0, 0.1) is 0 Å². The molecule has 7 nitrogen and oxygen atoms in total. The van der Waals surface area contributed by atoms with Crippen LogP contribution in [-0.4, -0.2) is 51.9 Å². The van der Waals surface area contributed by atoms with Crippen LogP contribution in [-0.2, 0) is 14.4 Å². The maximum absolute atomic E-state index is 11.3. The lowest BCUT2D eigenvalue weighted by Crippen LogP contribution is -2.34.